The van der Waals surface area contributed by atoms with Crippen LogP contribution in [0.25, 0.3) is 0 Å². The predicted octanol–water partition coefficient (Wildman–Crippen LogP) is -0.894. The number of rotatable bonds is 3. The Morgan fingerprint density at radius 3 is 2.77 bits per heavy atom. The minimum atomic E-state index is -0.547. The first-order valence-corrected chi connectivity index (χ1v) is 4.27. The lowest BCUT2D eigenvalue weighted by Gasteiger charge is -2.26. The second-order valence-corrected chi connectivity index (χ2v) is 4.10. The maximum atomic E-state index is 11.3. The number of amides is 1. The minimum Gasteiger partial charge on any atom is -0.396 e. The van der Waals surface area contributed by atoms with Crippen LogP contribution in [0.4, 0.5) is 0 Å². The zero-order valence-corrected chi connectivity index (χ0v) is 7.99. The molecule has 0 spiro atoms. The van der Waals surface area contributed by atoms with Gasteiger partial charge in [0.05, 0.1) is 13.2 Å². The van der Waals surface area contributed by atoms with Gasteiger partial charge in [0.15, 0.2) is 0 Å². The Bertz CT molecular complexity index is 206. The van der Waals surface area contributed by atoms with Gasteiger partial charge in [0.1, 0.15) is 6.04 Å². The van der Waals surface area contributed by atoms with E-state index in [4.69, 9.17) is 15.7 Å². The fourth-order valence-electron chi connectivity index (χ4n) is 1.05. The van der Waals surface area contributed by atoms with Crippen molar-refractivity contribution in [3.05, 3.63) is 0 Å². The number of aliphatic hydroxyl groups is 1. The van der Waals surface area contributed by atoms with E-state index < -0.39 is 6.04 Å². The Kier molecular flexibility index (Phi) is 2.90. The summed E-state index contributed by atoms with van der Waals surface area (Å²) in [6.45, 7) is 4.33. The van der Waals surface area contributed by atoms with Gasteiger partial charge in [-0.1, -0.05) is 13.8 Å². The average Bonchev–Trinajstić information content (AvgIpc) is 2.36. The lowest BCUT2D eigenvalue weighted by Crippen LogP contribution is -2.40. The molecule has 1 atom stereocenters. The number of nitrogens with two attached hydrogens (primary N) is 1. The highest BCUT2D eigenvalue weighted by atomic mass is 16.7. The van der Waals surface area contributed by atoms with E-state index in [0.29, 0.717) is 6.54 Å². The second-order valence-electron chi connectivity index (χ2n) is 4.10. The molecule has 3 N–H and O–H groups in total. The quantitative estimate of drug-likeness (QED) is 0.602. The summed E-state index contributed by atoms with van der Waals surface area (Å²) in [5.74, 6) is -0.207. The molecule has 0 aromatic rings. The van der Waals surface area contributed by atoms with Crippen LogP contribution in [0.3, 0.4) is 0 Å². The molecule has 5 nitrogen and oxygen atoms in total. The van der Waals surface area contributed by atoms with Gasteiger partial charge in [0.2, 0.25) is 0 Å². The zero-order chi connectivity index (χ0) is 10.1. The smallest absolute Gasteiger partial charge is 0.265 e. The Morgan fingerprint density at radius 1 is 1.77 bits per heavy atom. The van der Waals surface area contributed by atoms with Gasteiger partial charge in [-0.05, 0) is 0 Å². The number of carbonyl (C=O) groups is 1. The highest BCUT2D eigenvalue weighted by Gasteiger charge is 2.33. The fourth-order valence-corrected chi connectivity index (χ4v) is 1.05. The van der Waals surface area contributed by atoms with Crippen LogP contribution >= 0.6 is 0 Å². The normalized spacial score (nSPS) is 24.2. The molecular weight excluding hydrogens is 172 g/mol. The summed E-state index contributed by atoms with van der Waals surface area (Å²) >= 11 is 0. The summed E-state index contributed by atoms with van der Waals surface area (Å²) in [6, 6.07) is -0.547. The van der Waals surface area contributed by atoms with Crippen molar-refractivity contribution in [2.75, 3.05) is 19.8 Å². The molecule has 1 unspecified atom stereocenters. The first-order chi connectivity index (χ1) is 5.96. The minimum absolute atomic E-state index is 0.00930. The van der Waals surface area contributed by atoms with E-state index >= 15 is 0 Å². The molecule has 0 bridgehead atoms. The third-order valence-electron chi connectivity index (χ3n) is 1.97. The van der Waals surface area contributed by atoms with Crippen LogP contribution < -0.4 is 5.73 Å². The molecule has 1 saturated heterocycles. The van der Waals surface area contributed by atoms with E-state index in [1.54, 1.807) is 0 Å². The molecule has 0 radical (unpaired) electrons. The third-order valence-corrected chi connectivity index (χ3v) is 1.97. The Labute approximate surface area is 77.4 Å². The molecule has 1 heterocycles. The Morgan fingerprint density at radius 2 is 2.38 bits per heavy atom. The molecular formula is C8H16N2O3. The molecule has 1 amide bonds. The van der Waals surface area contributed by atoms with Crippen LogP contribution in [0.15, 0.2) is 0 Å². The van der Waals surface area contributed by atoms with Gasteiger partial charge in [0.25, 0.3) is 5.91 Å². The van der Waals surface area contributed by atoms with E-state index in [9.17, 15) is 4.79 Å². The Balaban J connectivity index is 2.51. The molecule has 5 heteroatoms. The van der Waals surface area contributed by atoms with Crippen LogP contribution in [0.5, 0.6) is 0 Å². The average molecular weight is 188 g/mol. The Hall–Kier alpha value is -0.650. The van der Waals surface area contributed by atoms with Crippen molar-refractivity contribution in [1.29, 1.82) is 0 Å². The van der Waals surface area contributed by atoms with Crippen molar-refractivity contribution in [1.82, 2.24) is 5.06 Å². The van der Waals surface area contributed by atoms with Gasteiger partial charge in [-0.15, -0.1) is 0 Å². The number of hydrogen-bond acceptors (Lipinski definition) is 4. The van der Waals surface area contributed by atoms with Crippen LogP contribution in [-0.2, 0) is 9.63 Å². The summed E-state index contributed by atoms with van der Waals surface area (Å²) < 4.78 is 0. The summed E-state index contributed by atoms with van der Waals surface area (Å²) in [5.41, 5.74) is 5.10. The van der Waals surface area contributed by atoms with Gasteiger partial charge < -0.3 is 10.8 Å². The molecule has 0 aromatic carbocycles. The molecule has 1 rings (SSSR count). The van der Waals surface area contributed by atoms with Gasteiger partial charge in [-0.3, -0.25) is 9.63 Å². The molecule has 1 aliphatic heterocycles. The van der Waals surface area contributed by atoms with Crippen molar-refractivity contribution in [2.24, 2.45) is 11.1 Å². The molecule has 76 valence electrons. The third kappa shape index (κ3) is 2.40. The van der Waals surface area contributed by atoms with Crippen molar-refractivity contribution in [3.8, 4) is 0 Å². The first-order valence-electron chi connectivity index (χ1n) is 4.27. The number of hydroxylamine groups is 2. The summed E-state index contributed by atoms with van der Waals surface area (Å²) in [4.78, 5) is 16.4. The van der Waals surface area contributed by atoms with Gasteiger partial charge in [-0.2, -0.15) is 0 Å². The van der Waals surface area contributed by atoms with E-state index in [1.807, 2.05) is 13.8 Å². The highest BCUT2D eigenvalue weighted by molar-refractivity contribution is 5.82. The maximum Gasteiger partial charge on any atom is 0.265 e. The number of carbonyl (C=O) groups excluding carboxylic acids is 1. The monoisotopic (exact) mass is 188 g/mol. The summed E-state index contributed by atoms with van der Waals surface area (Å²) in [5, 5.41) is 10.2. The van der Waals surface area contributed by atoms with E-state index in [-0.39, 0.29) is 24.5 Å². The van der Waals surface area contributed by atoms with Gasteiger partial charge >= 0.3 is 0 Å². The van der Waals surface area contributed by atoms with Crippen molar-refractivity contribution < 1.29 is 14.7 Å². The summed E-state index contributed by atoms with van der Waals surface area (Å²) in [7, 11) is 0. The molecule has 0 aromatic heterocycles. The van der Waals surface area contributed by atoms with E-state index in [0.717, 1.165) is 0 Å². The number of aliphatic hydroxyl groups excluding tert-OH is 1. The highest BCUT2D eigenvalue weighted by Crippen LogP contribution is 2.18. The van der Waals surface area contributed by atoms with Gasteiger partial charge in [-0.25, -0.2) is 5.06 Å². The molecule has 0 saturated carbocycles. The van der Waals surface area contributed by atoms with Crippen LogP contribution in [0.1, 0.15) is 13.8 Å². The van der Waals surface area contributed by atoms with E-state index in [1.165, 1.54) is 5.06 Å². The molecule has 13 heavy (non-hydrogen) atoms. The van der Waals surface area contributed by atoms with Crippen LogP contribution in [-0.4, -0.2) is 41.9 Å². The zero-order valence-electron chi connectivity index (χ0n) is 7.99. The van der Waals surface area contributed by atoms with Crippen LogP contribution in [0.2, 0.25) is 0 Å². The standard InChI is InChI=1S/C8H16N2O3/c1-8(2,5-11)4-10-7(12)6(9)3-13-10/h6,11H,3-5,9H2,1-2H3. The molecule has 1 aliphatic rings. The summed E-state index contributed by atoms with van der Waals surface area (Å²) in [6.07, 6.45) is 0. The maximum absolute atomic E-state index is 11.3. The lowest BCUT2D eigenvalue weighted by atomic mass is 9.95. The predicted molar refractivity (Wildman–Crippen MR) is 46.5 cm³/mol. The SMILES string of the molecule is CC(C)(CO)CN1OCC(N)C1=O. The van der Waals surface area contributed by atoms with Crippen molar-refractivity contribution >= 4 is 5.91 Å². The first kappa shape index (κ1) is 10.4. The number of nitrogens with zero attached hydrogens (tertiary/aromatic N) is 1. The van der Waals surface area contributed by atoms with Gasteiger partial charge in [0, 0.05) is 12.0 Å². The lowest BCUT2D eigenvalue weighted by molar-refractivity contribution is -0.169. The number of hydrogen-bond donors (Lipinski definition) is 2. The molecule has 0 aliphatic carbocycles. The van der Waals surface area contributed by atoms with Crippen molar-refractivity contribution in [2.45, 2.75) is 19.9 Å². The fraction of sp³-hybridized carbons (Fsp3) is 0.875. The topological polar surface area (TPSA) is 75.8 Å². The molecule has 1 fully saturated rings. The van der Waals surface area contributed by atoms with E-state index in [2.05, 4.69) is 0 Å². The van der Waals surface area contributed by atoms with Crippen molar-refractivity contribution in [3.63, 3.8) is 0 Å². The largest absolute Gasteiger partial charge is 0.396 e. The second kappa shape index (κ2) is 3.61. The van der Waals surface area contributed by atoms with Crippen LogP contribution in [0, 0.1) is 5.41 Å².